The van der Waals surface area contributed by atoms with Crippen LogP contribution in [0.25, 0.3) is 0 Å². The van der Waals surface area contributed by atoms with E-state index in [4.69, 9.17) is 4.74 Å². The summed E-state index contributed by atoms with van der Waals surface area (Å²) in [6.07, 6.45) is 7.15. The summed E-state index contributed by atoms with van der Waals surface area (Å²) in [4.78, 5) is 21.2. The Morgan fingerprint density at radius 2 is 2.04 bits per heavy atom. The number of hydrogen-bond donors (Lipinski definition) is 2. The van der Waals surface area contributed by atoms with E-state index in [1.165, 1.54) is 11.1 Å². The minimum absolute atomic E-state index is 0.0387. The maximum Gasteiger partial charge on any atom is 0.315 e. The molecular weight excluding hydrogens is 340 g/mol. The highest BCUT2D eigenvalue weighted by molar-refractivity contribution is 5.75. The van der Waals surface area contributed by atoms with Crippen molar-refractivity contribution in [1.29, 1.82) is 0 Å². The number of carbonyl (C=O) groups excluding carboxylic acids is 1. The molecule has 1 fully saturated rings. The Balaban J connectivity index is 1.40. The highest BCUT2D eigenvalue weighted by atomic mass is 16.5. The molecule has 2 aliphatic rings. The first kappa shape index (κ1) is 17.9. The van der Waals surface area contributed by atoms with Crippen molar-refractivity contribution in [3.05, 3.63) is 59.2 Å². The maximum absolute atomic E-state index is 12.6. The van der Waals surface area contributed by atoms with Gasteiger partial charge in [-0.1, -0.05) is 24.3 Å². The Labute approximate surface area is 159 Å². The molecule has 6 heteroatoms. The van der Waals surface area contributed by atoms with E-state index in [2.05, 4.69) is 44.9 Å². The van der Waals surface area contributed by atoms with Crippen LogP contribution in [0.1, 0.15) is 41.4 Å². The second kappa shape index (κ2) is 7.64. The van der Waals surface area contributed by atoms with E-state index in [1.54, 1.807) is 12.4 Å². The first-order chi connectivity index (χ1) is 13.2. The summed E-state index contributed by atoms with van der Waals surface area (Å²) in [5.41, 5.74) is 4.44. The van der Waals surface area contributed by atoms with E-state index in [-0.39, 0.29) is 17.5 Å². The molecule has 6 nitrogen and oxygen atoms in total. The minimum Gasteiger partial charge on any atom is -0.381 e. The van der Waals surface area contributed by atoms with Gasteiger partial charge in [-0.05, 0) is 37.3 Å². The molecule has 1 unspecified atom stereocenters. The predicted octanol–water partition coefficient (Wildman–Crippen LogP) is 2.72. The van der Waals surface area contributed by atoms with Gasteiger partial charge in [0.1, 0.15) is 0 Å². The summed E-state index contributed by atoms with van der Waals surface area (Å²) in [7, 11) is 0. The molecule has 0 radical (unpaired) electrons. The highest BCUT2D eigenvalue weighted by Gasteiger charge is 2.47. The number of benzene rings is 1. The quantitative estimate of drug-likeness (QED) is 0.872. The van der Waals surface area contributed by atoms with E-state index in [9.17, 15) is 4.79 Å². The molecule has 2 heterocycles. The van der Waals surface area contributed by atoms with Crippen molar-refractivity contribution >= 4 is 6.03 Å². The molecule has 27 heavy (non-hydrogen) atoms. The monoisotopic (exact) mass is 366 g/mol. The topological polar surface area (TPSA) is 76.1 Å². The van der Waals surface area contributed by atoms with E-state index in [1.807, 2.05) is 6.92 Å². The van der Waals surface area contributed by atoms with Crippen LogP contribution in [0.4, 0.5) is 4.79 Å². The van der Waals surface area contributed by atoms with Crippen molar-refractivity contribution < 1.29 is 9.53 Å². The third-order valence-electron chi connectivity index (χ3n) is 5.79. The molecule has 1 aliphatic heterocycles. The number of aryl methyl sites for hydroxylation is 1. The van der Waals surface area contributed by atoms with Gasteiger partial charge < -0.3 is 15.4 Å². The zero-order valence-electron chi connectivity index (χ0n) is 15.7. The summed E-state index contributed by atoms with van der Waals surface area (Å²) in [6, 6.07) is 8.38. The lowest BCUT2D eigenvalue weighted by Gasteiger charge is -2.39. The van der Waals surface area contributed by atoms with Gasteiger partial charge in [0, 0.05) is 44.0 Å². The lowest BCUT2D eigenvalue weighted by atomic mass is 9.74. The van der Waals surface area contributed by atoms with Gasteiger partial charge in [0.05, 0.1) is 17.4 Å². The number of urea groups is 1. The molecule has 2 N–H and O–H groups in total. The fourth-order valence-corrected chi connectivity index (χ4v) is 4.30. The van der Waals surface area contributed by atoms with E-state index in [0.717, 1.165) is 43.9 Å². The Bertz CT molecular complexity index is 800. The third kappa shape index (κ3) is 3.81. The Hall–Kier alpha value is -2.47. The van der Waals surface area contributed by atoms with E-state index < -0.39 is 0 Å². The SMILES string of the molecule is Cc1cnc(CCNC(=O)NC2c3ccccc3CC23CCOCC3)cn1. The van der Waals surface area contributed by atoms with Crippen LogP contribution in [-0.2, 0) is 17.6 Å². The van der Waals surface area contributed by atoms with Crippen LogP contribution in [0.15, 0.2) is 36.7 Å². The molecule has 1 aromatic carbocycles. The molecule has 2 amide bonds. The van der Waals surface area contributed by atoms with Crippen LogP contribution in [0.3, 0.4) is 0 Å². The number of ether oxygens (including phenoxy) is 1. The summed E-state index contributed by atoms with van der Waals surface area (Å²) in [5.74, 6) is 0. The molecule has 2 aromatic rings. The van der Waals surface area contributed by atoms with Gasteiger partial charge in [-0.25, -0.2) is 4.79 Å². The number of nitrogens with zero attached hydrogens (tertiary/aromatic N) is 2. The molecule has 1 saturated heterocycles. The molecule has 1 atom stereocenters. The number of amides is 2. The highest BCUT2D eigenvalue weighted by Crippen LogP contribution is 2.51. The van der Waals surface area contributed by atoms with Crippen LogP contribution in [0, 0.1) is 12.3 Å². The molecule has 1 aromatic heterocycles. The van der Waals surface area contributed by atoms with Gasteiger partial charge in [0.25, 0.3) is 0 Å². The lowest BCUT2D eigenvalue weighted by molar-refractivity contribution is 0.00215. The van der Waals surface area contributed by atoms with Crippen LogP contribution in [-0.4, -0.2) is 35.8 Å². The fourth-order valence-electron chi connectivity index (χ4n) is 4.30. The standard InChI is InChI=1S/C21H26N4O2/c1-15-13-24-17(14-23-15)6-9-22-20(26)25-19-18-5-3-2-4-16(18)12-21(19)7-10-27-11-8-21/h2-5,13-14,19H,6-12H2,1H3,(H2,22,25,26). The van der Waals surface area contributed by atoms with Crippen molar-refractivity contribution in [2.45, 2.75) is 38.6 Å². The van der Waals surface area contributed by atoms with Gasteiger partial charge in [-0.2, -0.15) is 0 Å². The number of hydrogen-bond acceptors (Lipinski definition) is 4. The predicted molar refractivity (Wildman–Crippen MR) is 102 cm³/mol. The van der Waals surface area contributed by atoms with E-state index >= 15 is 0 Å². The Kier molecular flexibility index (Phi) is 5.07. The average Bonchev–Trinajstić information content (AvgIpc) is 2.97. The van der Waals surface area contributed by atoms with Crippen LogP contribution in [0.5, 0.6) is 0 Å². The van der Waals surface area contributed by atoms with E-state index in [0.29, 0.717) is 13.0 Å². The number of rotatable bonds is 4. The fraction of sp³-hybridized carbons (Fsp3) is 0.476. The molecule has 142 valence electrons. The smallest absolute Gasteiger partial charge is 0.315 e. The number of aromatic nitrogens is 2. The normalized spacial score (nSPS) is 20.3. The minimum atomic E-state index is -0.123. The number of fused-ring (bicyclic) bond motifs is 1. The second-order valence-corrected chi connectivity index (χ2v) is 7.58. The Morgan fingerprint density at radius 1 is 1.22 bits per heavy atom. The zero-order chi connectivity index (χ0) is 18.7. The summed E-state index contributed by atoms with van der Waals surface area (Å²) in [5, 5.41) is 6.23. The first-order valence-electron chi connectivity index (χ1n) is 9.64. The Morgan fingerprint density at radius 3 is 2.81 bits per heavy atom. The van der Waals surface area contributed by atoms with Gasteiger partial charge >= 0.3 is 6.03 Å². The average molecular weight is 366 g/mol. The molecule has 1 aliphatic carbocycles. The van der Waals surface area contributed by atoms with Crippen molar-refractivity contribution in [2.24, 2.45) is 5.41 Å². The maximum atomic E-state index is 12.6. The van der Waals surface area contributed by atoms with Crippen molar-refractivity contribution in [1.82, 2.24) is 20.6 Å². The van der Waals surface area contributed by atoms with Gasteiger partial charge in [0.15, 0.2) is 0 Å². The van der Waals surface area contributed by atoms with Gasteiger partial charge in [0.2, 0.25) is 0 Å². The van der Waals surface area contributed by atoms with Crippen LogP contribution < -0.4 is 10.6 Å². The summed E-state index contributed by atoms with van der Waals surface area (Å²) in [6.45, 7) is 3.97. The lowest BCUT2D eigenvalue weighted by Crippen LogP contribution is -2.46. The number of nitrogens with one attached hydrogen (secondary N) is 2. The van der Waals surface area contributed by atoms with Crippen molar-refractivity contribution in [2.75, 3.05) is 19.8 Å². The zero-order valence-corrected chi connectivity index (χ0v) is 15.7. The third-order valence-corrected chi connectivity index (χ3v) is 5.79. The van der Waals surface area contributed by atoms with Gasteiger partial charge in [-0.15, -0.1) is 0 Å². The van der Waals surface area contributed by atoms with Crippen LogP contribution in [0.2, 0.25) is 0 Å². The molecular formula is C21H26N4O2. The molecule has 4 rings (SSSR count). The van der Waals surface area contributed by atoms with Crippen molar-refractivity contribution in [3.63, 3.8) is 0 Å². The molecule has 0 bridgehead atoms. The van der Waals surface area contributed by atoms with Crippen molar-refractivity contribution in [3.8, 4) is 0 Å². The number of carbonyl (C=O) groups is 1. The largest absolute Gasteiger partial charge is 0.381 e. The van der Waals surface area contributed by atoms with Gasteiger partial charge in [-0.3, -0.25) is 9.97 Å². The summed E-state index contributed by atoms with van der Waals surface area (Å²) < 4.78 is 5.59. The first-order valence-corrected chi connectivity index (χ1v) is 9.64. The van der Waals surface area contributed by atoms with Crippen LogP contribution >= 0.6 is 0 Å². The second-order valence-electron chi connectivity index (χ2n) is 7.58. The molecule has 0 saturated carbocycles. The molecule has 1 spiro atoms. The summed E-state index contributed by atoms with van der Waals surface area (Å²) >= 11 is 0.